The Bertz CT molecular complexity index is 519. The smallest absolute Gasteiger partial charge is 0.211 e. The van der Waals surface area contributed by atoms with Gasteiger partial charge >= 0.3 is 0 Å². The van der Waals surface area contributed by atoms with Gasteiger partial charge in [-0.1, -0.05) is 12.1 Å². The van der Waals surface area contributed by atoms with Gasteiger partial charge in [0.25, 0.3) is 0 Å². The van der Waals surface area contributed by atoms with Crippen molar-refractivity contribution in [2.75, 3.05) is 23.7 Å². The third-order valence-corrected chi connectivity index (χ3v) is 5.23. The molecule has 1 fully saturated rings. The first-order valence-electron chi connectivity index (χ1n) is 6.01. The topological polar surface area (TPSA) is 49.4 Å². The zero-order valence-electron chi connectivity index (χ0n) is 10.3. The molecule has 6 heteroatoms. The molecular weight excluding hydrogens is 316 g/mol. The molecule has 1 unspecified atom stereocenters. The van der Waals surface area contributed by atoms with Gasteiger partial charge in [-0.3, -0.25) is 0 Å². The monoisotopic (exact) mass is 332 g/mol. The van der Waals surface area contributed by atoms with Crippen molar-refractivity contribution >= 4 is 31.6 Å². The summed E-state index contributed by atoms with van der Waals surface area (Å²) in [6.07, 6.45) is 0.848. The molecule has 100 valence electrons. The van der Waals surface area contributed by atoms with Crippen LogP contribution < -0.4 is 9.62 Å². The van der Waals surface area contributed by atoms with Crippen molar-refractivity contribution in [2.45, 2.75) is 19.4 Å². The maximum absolute atomic E-state index is 11.5. The van der Waals surface area contributed by atoms with E-state index in [1.807, 2.05) is 24.3 Å². The average molecular weight is 333 g/mol. The van der Waals surface area contributed by atoms with Gasteiger partial charge in [0.15, 0.2) is 0 Å². The molecule has 1 N–H and O–H groups in total. The number of benzene rings is 1. The summed E-state index contributed by atoms with van der Waals surface area (Å²) in [7, 11) is -3.11. The highest BCUT2D eigenvalue weighted by molar-refractivity contribution is 9.10. The summed E-state index contributed by atoms with van der Waals surface area (Å²) < 4.78 is 26.8. The summed E-state index contributed by atoms with van der Waals surface area (Å²) in [5.41, 5.74) is 1.12. The Kier molecular flexibility index (Phi) is 4.29. The van der Waals surface area contributed by atoms with Gasteiger partial charge in [-0.2, -0.15) is 0 Å². The van der Waals surface area contributed by atoms with Crippen LogP contribution in [0.2, 0.25) is 0 Å². The second-order valence-corrected chi connectivity index (χ2v) is 7.30. The van der Waals surface area contributed by atoms with Gasteiger partial charge in [-0.15, -0.1) is 0 Å². The van der Waals surface area contributed by atoms with E-state index in [1.54, 1.807) is 6.92 Å². The highest BCUT2D eigenvalue weighted by atomic mass is 79.9. The van der Waals surface area contributed by atoms with Crippen LogP contribution in [0.5, 0.6) is 0 Å². The average Bonchev–Trinajstić information content (AvgIpc) is 2.77. The number of rotatable bonds is 4. The van der Waals surface area contributed by atoms with Gasteiger partial charge in [0.2, 0.25) is 10.0 Å². The van der Waals surface area contributed by atoms with E-state index in [-0.39, 0.29) is 11.8 Å². The first-order valence-corrected chi connectivity index (χ1v) is 8.46. The van der Waals surface area contributed by atoms with Crippen LogP contribution in [0.3, 0.4) is 0 Å². The highest BCUT2D eigenvalue weighted by Gasteiger charge is 2.26. The predicted molar refractivity (Wildman–Crippen MR) is 77.4 cm³/mol. The normalized spacial score (nSPS) is 20.3. The minimum atomic E-state index is -3.11. The summed E-state index contributed by atoms with van der Waals surface area (Å²) in [6, 6.07) is 8.02. The molecule has 0 aliphatic carbocycles. The zero-order chi connectivity index (χ0) is 13.2. The molecule has 4 nitrogen and oxygen atoms in total. The largest absolute Gasteiger partial charge is 0.369 e. The second-order valence-electron chi connectivity index (χ2n) is 4.40. The van der Waals surface area contributed by atoms with Gasteiger partial charge < -0.3 is 4.90 Å². The standard InChI is InChI=1S/C12H17BrN2O2S/c1-2-18(16,17)14-10-7-8-15(9-10)12-6-4-3-5-11(12)13/h3-6,10,14H,2,7-9H2,1H3. The van der Waals surface area contributed by atoms with Crippen molar-refractivity contribution < 1.29 is 8.42 Å². The van der Waals surface area contributed by atoms with E-state index in [0.717, 1.165) is 29.7 Å². The molecule has 0 amide bonds. The lowest BCUT2D eigenvalue weighted by Crippen LogP contribution is -2.37. The highest BCUT2D eigenvalue weighted by Crippen LogP contribution is 2.28. The zero-order valence-corrected chi connectivity index (χ0v) is 12.7. The summed E-state index contributed by atoms with van der Waals surface area (Å²) >= 11 is 3.52. The van der Waals surface area contributed by atoms with E-state index in [4.69, 9.17) is 0 Å². The number of hydrogen-bond acceptors (Lipinski definition) is 3. The van der Waals surface area contributed by atoms with Gasteiger partial charge in [-0.25, -0.2) is 13.1 Å². The summed E-state index contributed by atoms with van der Waals surface area (Å²) in [6.45, 7) is 3.25. The number of anilines is 1. The van der Waals surface area contributed by atoms with Crippen molar-refractivity contribution in [3.63, 3.8) is 0 Å². The predicted octanol–water partition coefficient (Wildman–Crippen LogP) is 1.97. The van der Waals surface area contributed by atoms with Gasteiger partial charge in [-0.05, 0) is 41.4 Å². The molecule has 1 aliphatic rings. The molecule has 0 bridgehead atoms. The summed E-state index contributed by atoms with van der Waals surface area (Å²) in [5.74, 6) is 0.137. The molecule has 0 radical (unpaired) electrons. The fourth-order valence-electron chi connectivity index (χ4n) is 2.12. The van der Waals surface area contributed by atoms with E-state index in [0.29, 0.717) is 0 Å². The first kappa shape index (κ1) is 13.8. The number of nitrogens with zero attached hydrogens (tertiary/aromatic N) is 1. The molecule has 0 aromatic heterocycles. The minimum Gasteiger partial charge on any atom is -0.369 e. The minimum absolute atomic E-state index is 0.0158. The Morgan fingerprint density at radius 3 is 2.83 bits per heavy atom. The molecule has 0 spiro atoms. The maximum atomic E-state index is 11.5. The number of sulfonamides is 1. The van der Waals surface area contributed by atoms with Crippen LogP contribution in [-0.4, -0.2) is 33.3 Å². The van der Waals surface area contributed by atoms with Crippen molar-refractivity contribution in [2.24, 2.45) is 0 Å². The van der Waals surface area contributed by atoms with E-state index in [2.05, 4.69) is 25.6 Å². The van der Waals surface area contributed by atoms with Crippen LogP contribution in [0.1, 0.15) is 13.3 Å². The van der Waals surface area contributed by atoms with Gasteiger partial charge in [0.05, 0.1) is 11.4 Å². The molecule has 1 heterocycles. The van der Waals surface area contributed by atoms with Crippen LogP contribution in [0.15, 0.2) is 28.7 Å². The fraction of sp³-hybridized carbons (Fsp3) is 0.500. The number of para-hydroxylation sites is 1. The number of hydrogen-bond donors (Lipinski definition) is 1. The van der Waals surface area contributed by atoms with Crippen molar-refractivity contribution in [1.29, 1.82) is 0 Å². The summed E-state index contributed by atoms with van der Waals surface area (Å²) in [4.78, 5) is 2.20. The Hall–Kier alpha value is -0.590. The van der Waals surface area contributed by atoms with E-state index < -0.39 is 10.0 Å². The third kappa shape index (κ3) is 3.24. The number of halogens is 1. The lowest BCUT2D eigenvalue weighted by atomic mass is 10.3. The third-order valence-electron chi connectivity index (χ3n) is 3.11. The molecule has 1 saturated heterocycles. The van der Waals surface area contributed by atoms with Crippen LogP contribution in [0, 0.1) is 0 Å². The molecule has 1 aromatic rings. The Morgan fingerprint density at radius 2 is 2.17 bits per heavy atom. The van der Waals surface area contributed by atoms with Crippen LogP contribution in [0.25, 0.3) is 0 Å². The number of nitrogens with one attached hydrogen (secondary N) is 1. The molecule has 1 aliphatic heterocycles. The SMILES string of the molecule is CCS(=O)(=O)NC1CCN(c2ccccc2Br)C1. The van der Waals surface area contributed by atoms with Gasteiger partial charge in [0.1, 0.15) is 0 Å². The van der Waals surface area contributed by atoms with Gasteiger partial charge in [0, 0.05) is 23.6 Å². The molecule has 0 saturated carbocycles. The first-order chi connectivity index (χ1) is 8.52. The Balaban J connectivity index is 2.03. The Morgan fingerprint density at radius 1 is 1.44 bits per heavy atom. The van der Waals surface area contributed by atoms with Crippen LogP contribution >= 0.6 is 15.9 Å². The second kappa shape index (κ2) is 5.59. The molecule has 1 atom stereocenters. The quantitative estimate of drug-likeness (QED) is 0.917. The lowest BCUT2D eigenvalue weighted by molar-refractivity contribution is 0.562. The molecular formula is C12H17BrN2O2S. The molecule has 2 rings (SSSR count). The van der Waals surface area contributed by atoms with Crippen molar-refractivity contribution in [3.8, 4) is 0 Å². The van der Waals surface area contributed by atoms with Crippen LogP contribution in [-0.2, 0) is 10.0 Å². The van der Waals surface area contributed by atoms with E-state index in [9.17, 15) is 8.42 Å². The van der Waals surface area contributed by atoms with Crippen LogP contribution in [0.4, 0.5) is 5.69 Å². The lowest BCUT2D eigenvalue weighted by Gasteiger charge is -2.20. The fourth-order valence-corrected chi connectivity index (χ4v) is 3.52. The summed E-state index contributed by atoms with van der Waals surface area (Å²) in [5, 5.41) is 0. The maximum Gasteiger partial charge on any atom is 0.211 e. The van der Waals surface area contributed by atoms with E-state index >= 15 is 0 Å². The molecule has 18 heavy (non-hydrogen) atoms. The van der Waals surface area contributed by atoms with Crippen molar-refractivity contribution in [1.82, 2.24) is 4.72 Å². The van der Waals surface area contributed by atoms with Crippen molar-refractivity contribution in [3.05, 3.63) is 28.7 Å². The Labute approximate surface area is 117 Å². The van der Waals surface area contributed by atoms with E-state index in [1.165, 1.54) is 0 Å². The molecule has 1 aromatic carbocycles.